The summed E-state index contributed by atoms with van der Waals surface area (Å²) in [5.74, 6) is 0.651. The highest BCUT2D eigenvalue weighted by molar-refractivity contribution is 7.99. The molecule has 0 aromatic carbocycles. The van der Waals surface area contributed by atoms with Gasteiger partial charge in [-0.1, -0.05) is 0 Å². The minimum Gasteiger partial charge on any atom is -0.254 e. The number of fused-ring (bicyclic) bond motifs is 2. The van der Waals surface area contributed by atoms with Crippen molar-refractivity contribution in [3.8, 4) is 0 Å². The van der Waals surface area contributed by atoms with E-state index in [4.69, 9.17) is 0 Å². The number of nitrogens with one attached hydrogen (secondary N) is 1. The molecule has 18 heavy (non-hydrogen) atoms. The summed E-state index contributed by atoms with van der Waals surface area (Å²) >= 11 is 1.53. The Morgan fingerprint density at radius 2 is 2.22 bits per heavy atom. The molecule has 4 rings (SSSR count). The summed E-state index contributed by atoms with van der Waals surface area (Å²) in [5, 5.41) is 12.8. The lowest BCUT2D eigenvalue weighted by Gasteiger charge is -2.07. The Labute approximate surface area is 106 Å². The first kappa shape index (κ1) is 10.0. The molecule has 7 nitrogen and oxygen atoms in total. The van der Waals surface area contributed by atoms with Crippen molar-refractivity contribution in [2.75, 3.05) is 0 Å². The zero-order valence-electron chi connectivity index (χ0n) is 9.37. The molecule has 0 amide bonds. The summed E-state index contributed by atoms with van der Waals surface area (Å²) in [6.45, 7) is 0. The van der Waals surface area contributed by atoms with E-state index in [9.17, 15) is 0 Å². The number of aromatic nitrogens is 7. The largest absolute Gasteiger partial charge is 0.254 e. The topological polar surface area (TPSA) is 84.6 Å². The van der Waals surface area contributed by atoms with Crippen molar-refractivity contribution in [2.24, 2.45) is 0 Å². The predicted octanol–water partition coefficient (Wildman–Crippen LogP) is 0.882. The van der Waals surface area contributed by atoms with Gasteiger partial charge in [0.1, 0.15) is 17.7 Å². The number of hydrogen-bond acceptors (Lipinski definition) is 6. The van der Waals surface area contributed by atoms with Gasteiger partial charge in [0.2, 0.25) is 0 Å². The van der Waals surface area contributed by atoms with Gasteiger partial charge in [0.15, 0.2) is 5.16 Å². The zero-order valence-corrected chi connectivity index (χ0v) is 10.2. The van der Waals surface area contributed by atoms with Crippen molar-refractivity contribution in [1.82, 2.24) is 34.8 Å². The monoisotopic (exact) mass is 259 g/mol. The second-order valence-electron chi connectivity index (χ2n) is 4.06. The number of rotatable bonds is 2. The van der Waals surface area contributed by atoms with Gasteiger partial charge in [-0.2, -0.15) is 19.7 Å². The van der Waals surface area contributed by atoms with Crippen molar-refractivity contribution < 1.29 is 0 Å². The van der Waals surface area contributed by atoms with Gasteiger partial charge in [-0.15, -0.1) is 0 Å². The van der Waals surface area contributed by atoms with E-state index in [1.807, 2.05) is 0 Å². The third-order valence-corrected chi connectivity index (χ3v) is 3.99. The number of nitrogens with zero attached hydrogens (tertiary/aromatic N) is 6. The molecule has 3 aromatic heterocycles. The molecule has 0 aliphatic heterocycles. The van der Waals surface area contributed by atoms with Gasteiger partial charge in [0.25, 0.3) is 5.78 Å². The zero-order chi connectivity index (χ0) is 11.9. The van der Waals surface area contributed by atoms with Gasteiger partial charge >= 0.3 is 0 Å². The molecule has 0 radical (unpaired) electrons. The summed E-state index contributed by atoms with van der Waals surface area (Å²) < 4.78 is 1.78. The van der Waals surface area contributed by atoms with Crippen molar-refractivity contribution in [3.05, 3.63) is 23.9 Å². The molecule has 0 spiro atoms. The maximum absolute atomic E-state index is 4.54. The summed E-state index contributed by atoms with van der Waals surface area (Å²) in [6, 6.07) is 0. The Kier molecular flexibility index (Phi) is 2.10. The first-order valence-electron chi connectivity index (χ1n) is 5.66. The van der Waals surface area contributed by atoms with Crippen LogP contribution in [-0.4, -0.2) is 34.8 Å². The average Bonchev–Trinajstić information content (AvgIpc) is 3.08. The van der Waals surface area contributed by atoms with E-state index in [0.717, 1.165) is 35.1 Å². The fourth-order valence-electron chi connectivity index (χ4n) is 2.22. The van der Waals surface area contributed by atoms with E-state index < -0.39 is 0 Å². The van der Waals surface area contributed by atoms with Crippen LogP contribution in [0.5, 0.6) is 0 Å². The summed E-state index contributed by atoms with van der Waals surface area (Å²) in [4.78, 5) is 12.8. The van der Waals surface area contributed by atoms with Crippen molar-refractivity contribution in [1.29, 1.82) is 0 Å². The highest BCUT2D eigenvalue weighted by Gasteiger charge is 2.22. The molecule has 1 aliphatic rings. The number of H-pyrrole nitrogens is 1. The van der Waals surface area contributed by atoms with E-state index in [2.05, 4.69) is 30.2 Å². The molecule has 0 unspecified atom stereocenters. The molecule has 3 aromatic rings. The number of aromatic amines is 1. The van der Waals surface area contributed by atoms with E-state index >= 15 is 0 Å². The molecule has 0 saturated carbocycles. The molecule has 8 heteroatoms. The molecular weight excluding hydrogens is 250 g/mol. The van der Waals surface area contributed by atoms with Gasteiger partial charge in [0, 0.05) is 5.56 Å². The van der Waals surface area contributed by atoms with Crippen LogP contribution in [0.15, 0.2) is 22.8 Å². The Bertz CT molecular complexity index is 702. The first-order valence-corrected chi connectivity index (χ1v) is 6.48. The van der Waals surface area contributed by atoms with Crippen LogP contribution >= 0.6 is 11.8 Å². The van der Waals surface area contributed by atoms with Gasteiger partial charge in [0.05, 0.1) is 5.69 Å². The maximum atomic E-state index is 4.54. The quantitative estimate of drug-likeness (QED) is 0.688. The molecular formula is C10H9N7S. The van der Waals surface area contributed by atoms with E-state index in [1.54, 1.807) is 4.52 Å². The summed E-state index contributed by atoms with van der Waals surface area (Å²) in [7, 11) is 0. The van der Waals surface area contributed by atoms with Crippen LogP contribution in [0, 0.1) is 0 Å². The van der Waals surface area contributed by atoms with Crippen LogP contribution in [0.2, 0.25) is 0 Å². The second-order valence-corrected chi connectivity index (χ2v) is 5.04. The molecule has 90 valence electrons. The van der Waals surface area contributed by atoms with Gasteiger partial charge in [-0.3, -0.25) is 5.10 Å². The summed E-state index contributed by atoms with van der Waals surface area (Å²) in [6.07, 6.45) is 6.22. The number of hydrogen-bond donors (Lipinski definition) is 1. The van der Waals surface area contributed by atoms with Crippen molar-refractivity contribution in [2.45, 2.75) is 29.4 Å². The predicted molar refractivity (Wildman–Crippen MR) is 63.3 cm³/mol. The van der Waals surface area contributed by atoms with Crippen molar-refractivity contribution >= 4 is 17.5 Å². The van der Waals surface area contributed by atoms with E-state index in [1.165, 1.54) is 30.0 Å². The highest BCUT2D eigenvalue weighted by atomic mass is 32.2. The van der Waals surface area contributed by atoms with Crippen LogP contribution in [0.4, 0.5) is 0 Å². The van der Waals surface area contributed by atoms with E-state index in [0.29, 0.717) is 5.78 Å². The molecule has 0 fully saturated rings. The molecule has 0 saturated heterocycles. The standard InChI is InChI=1S/C10H9N7S/c1-2-6-7(3-1)15-9-11-5-14-17(9)8(6)18-10-12-4-13-16-10/h4-5H,1-3H2,(H,12,13,16). The van der Waals surface area contributed by atoms with E-state index in [-0.39, 0.29) is 0 Å². The molecule has 3 heterocycles. The van der Waals surface area contributed by atoms with Gasteiger partial charge in [-0.25, -0.2) is 9.97 Å². The van der Waals surface area contributed by atoms with Crippen LogP contribution in [-0.2, 0) is 12.8 Å². The molecule has 0 bridgehead atoms. The lowest BCUT2D eigenvalue weighted by Crippen LogP contribution is -2.02. The third-order valence-electron chi connectivity index (χ3n) is 2.99. The van der Waals surface area contributed by atoms with Crippen molar-refractivity contribution in [3.63, 3.8) is 0 Å². The van der Waals surface area contributed by atoms with Crippen LogP contribution in [0.1, 0.15) is 17.7 Å². The normalized spacial score (nSPS) is 14.2. The Morgan fingerprint density at radius 3 is 3.11 bits per heavy atom. The Morgan fingerprint density at radius 1 is 1.22 bits per heavy atom. The molecule has 0 atom stereocenters. The van der Waals surface area contributed by atoms with Gasteiger partial charge < -0.3 is 0 Å². The Balaban J connectivity index is 1.93. The minimum absolute atomic E-state index is 0.651. The summed E-state index contributed by atoms with van der Waals surface area (Å²) in [5.41, 5.74) is 2.40. The average molecular weight is 259 g/mol. The SMILES string of the molecule is c1n[nH]c(Sc2c3c(nc4ncnn24)CCC3)n1. The minimum atomic E-state index is 0.651. The molecule has 1 aliphatic carbocycles. The Hall–Kier alpha value is -1.96. The third kappa shape index (κ3) is 1.42. The van der Waals surface area contributed by atoms with Crippen LogP contribution < -0.4 is 0 Å². The smallest absolute Gasteiger partial charge is 0.253 e. The fourth-order valence-corrected chi connectivity index (χ4v) is 3.16. The first-order chi connectivity index (χ1) is 8.92. The maximum Gasteiger partial charge on any atom is 0.253 e. The molecule has 1 N–H and O–H groups in total. The second kappa shape index (κ2) is 3.77. The lowest BCUT2D eigenvalue weighted by molar-refractivity contribution is 0.806. The lowest BCUT2D eigenvalue weighted by atomic mass is 10.3. The van der Waals surface area contributed by atoms with Crippen LogP contribution in [0.3, 0.4) is 0 Å². The van der Waals surface area contributed by atoms with Crippen LogP contribution in [0.25, 0.3) is 5.78 Å². The van der Waals surface area contributed by atoms with Gasteiger partial charge in [-0.05, 0) is 31.0 Å². The fraction of sp³-hybridized carbons (Fsp3) is 0.300. The highest BCUT2D eigenvalue weighted by Crippen LogP contribution is 2.33. The number of aryl methyl sites for hydroxylation is 1.